The van der Waals surface area contributed by atoms with Crippen molar-refractivity contribution < 1.29 is 18.0 Å². The predicted molar refractivity (Wildman–Crippen MR) is 91.3 cm³/mol. The number of nitrogens with zero attached hydrogens (tertiary/aromatic N) is 1. The van der Waals surface area contributed by atoms with Crippen molar-refractivity contribution in [2.24, 2.45) is 0 Å². The molecule has 0 bridgehead atoms. The number of rotatable bonds is 4. The second-order valence-corrected chi connectivity index (χ2v) is 8.23. The fourth-order valence-corrected chi connectivity index (χ4v) is 4.02. The van der Waals surface area contributed by atoms with E-state index in [0.29, 0.717) is 5.57 Å². The molecule has 2 N–H and O–H groups in total. The third kappa shape index (κ3) is 2.87. The van der Waals surface area contributed by atoms with Crippen LogP contribution in [-0.4, -0.2) is 43.2 Å². The Morgan fingerprint density at radius 3 is 2.54 bits per heavy atom. The van der Waals surface area contributed by atoms with Crippen LogP contribution >= 0.6 is 0 Å². The van der Waals surface area contributed by atoms with Crippen molar-refractivity contribution in [3.05, 3.63) is 53.1 Å². The number of amides is 2. The van der Waals surface area contributed by atoms with Gasteiger partial charge >= 0.3 is 0 Å². The van der Waals surface area contributed by atoms with Gasteiger partial charge in [-0.05, 0) is 30.5 Å². The second kappa shape index (κ2) is 5.90. The molecule has 1 aliphatic heterocycles. The van der Waals surface area contributed by atoms with Crippen LogP contribution in [-0.2, 0) is 9.84 Å². The molecule has 0 saturated carbocycles. The van der Waals surface area contributed by atoms with E-state index in [1.54, 1.807) is 18.2 Å². The first-order valence-corrected chi connectivity index (χ1v) is 9.66. The van der Waals surface area contributed by atoms with Crippen molar-refractivity contribution >= 4 is 27.3 Å². The minimum Gasteiger partial charge on any atom is -0.398 e. The molecule has 0 unspecified atom stereocenters. The highest BCUT2D eigenvalue weighted by molar-refractivity contribution is 7.90. The lowest BCUT2D eigenvalue weighted by molar-refractivity contribution is 0.0622. The topological polar surface area (TPSA) is 97.5 Å². The SMILES string of the molecule is CS(=O)(=O)C[C@H](C1=CCCC=C1)N1C(=O)c2cccc(N)c2C1=O. The van der Waals surface area contributed by atoms with E-state index in [0.717, 1.165) is 24.0 Å². The van der Waals surface area contributed by atoms with Gasteiger partial charge in [0.15, 0.2) is 0 Å². The summed E-state index contributed by atoms with van der Waals surface area (Å²) in [5.41, 5.74) is 7.11. The molecule has 1 aromatic carbocycles. The van der Waals surface area contributed by atoms with Crippen LogP contribution in [0.3, 0.4) is 0 Å². The molecule has 0 fully saturated rings. The molecule has 3 rings (SSSR count). The zero-order valence-electron chi connectivity index (χ0n) is 13.2. The van der Waals surface area contributed by atoms with Crippen molar-refractivity contribution in [2.75, 3.05) is 17.7 Å². The molecule has 6 nitrogen and oxygen atoms in total. The Labute approximate surface area is 140 Å². The van der Waals surface area contributed by atoms with Crippen LogP contribution in [0, 0.1) is 0 Å². The van der Waals surface area contributed by atoms with Crippen LogP contribution in [0.15, 0.2) is 42.0 Å². The molecule has 24 heavy (non-hydrogen) atoms. The molecule has 0 aromatic heterocycles. The van der Waals surface area contributed by atoms with Gasteiger partial charge in [0, 0.05) is 11.9 Å². The summed E-state index contributed by atoms with van der Waals surface area (Å²) in [5, 5.41) is 0. The fraction of sp³-hybridized carbons (Fsp3) is 0.294. The van der Waals surface area contributed by atoms with E-state index in [-0.39, 0.29) is 22.6 Å². The van der Waals surface area contributed by atoms with Gasteiger partial charge in [-0.3, -0.25) is 14.5 Å². The molecule has 7 heteroatoms. The van der Waals surface area contributed by atoms with Crippen molar-refractivity contribution in [3.8, 4) is 0 Å². The number of nitrogen functional groups attached to an aromatic ring is 1. The second-order valence-electron chi connectivity index (χ2n) is 6.04. The number of fused-ring (bicyclic) bond motifs is 1. The summed E-state index contributed by atoms with van der Waals surface area (Å²) in [6.45, 7) is 0. The Morgan fingerprint density at radius 2 is 1.96 bits per heavy atom. The van der Waals surface area contributed by atoms with E-state index in [1.165, 1.54) is 6.07 Å². The number of hydrogen-bond acceptors (Lipinski definition) is 5. The Balaban J connectivity index is 2.08. The van der Waals surface area contributed by atoms with E-state index in [9.17, 15) is 18.0 Å². The maximum absolute atomic E-state index is 12.8. The Bertz CT molecular complexity index is 884. The summed E-state index contributed by atoms with van der Waals surface area (Å²) < 4.78 is 23.7. The van der Waals surface area contributed by atoms with Crippen LogP contribution in [0.4, 0.5) is 5.69 Å². The number of imide groups is 1. The highest BCUT2D eigenvalue weighted by Gasteiger charge is 2.43. The number of carbonyl (C=O) groups excluding carboxylic acids is 2. The minimum atomic E-state index is -3.41. The minimum absolute atomic E-state index is 0.154. The highest BCUT2D eigenvalue weighted by atomic mass is 32.2. The summed E-state index contributed by atoms with van der Waals surface area (Å²) in [5.74, 6) is -1.35. The normalized spacial score (nSPS) is 18.5. The van der Waals surface area contributed by atoms with Gasteiger partial charge < -0.3 is 5.73 Å². The number of sulfone groups is 1. The first-order valence-electron chi connectivity index (χ1n) is 7.60. The van der Waals surface area contributed by atoms with E-state index >= 15 is 0 Å². The summed E-state index contributed by atoms with van der Waals surface area (Å²) in [6, 6.07) is 3.85. The molecule has 1 aliphatic carbocycles. The maximum Gasteiger partial charge on any atom is 0.264 e. The molecular weight excluding hydrogens is 328 g/mol. The number of carbonyl (C=O) groups is 2. The third-order valence-electron chi connectivity index (χ3n) is 4.16. The van der Waals surface area contributed by atoms with Crippen LogP contribution in [0.1, 0.15) is 33.6 Å². The standard InChI is InChI=1S/C17H18N2O4S/c1-24(22,23)10-14(11-6-3-2-4-7-11)19-16(20)12-8-5-9-13(18)15(12)17(19)21/h3,5-9,14H,2,4,10,18H2,1H3/t14-/m1/s1. The van der Waals surface area contributed by atoms with Crippen LogP contribution in [0.25, 0.3) is 0 Å². The number of allylic oxidation sites excluding steroid dienone is 2. The van der Waals surface area contributed by atoms with E-state index in [1.807, 2.05) is 12.2 Å². The fourth-order valence-electron chi connectivity index (χ4n) is 3.10. The molecule has 1 aromatic rings. The zero-order valence-corrected chi connectivity index (χ0v) is 14.0. The third-order valence-corrected chi connectivity index (χ3v) is 5.08. The quantitative estimate of drug-likeness (QED) is 0.659. The molecule has 0 spiro atoms. The average Bonchev–Trinajstić information content (AvgIpc) is 2.78. The molecule has 2 aliphatic rings. The molecule has 0 radical (unpaired) electrons. The Hall–Kier alpha value is -2.41. The smallest absolute Gasteiger partial charge is 0.264 e. The van der Waals surface area contributed by atoms with Crippen molar-refractivity contribution in [2.45, 2.75) is 18.9 Å². The van der Waals surface area contributed by atoms with Gasteiger partial charge in [0.05, 0.1) is 22.9 Å². The van der Waals surface area contributed by atoms with Crippen LogP contribution < -0.4 is 5.73 Å². The zero-order chi connectivity index (χ0) is 17.5. The summed E-state index contributed by atoms with van der Waals surface area (Å²) in [6.07, 6.45) is 8.27. The summed E-state index contributed by atoms with van der Waals surface area (Å²) >= 11 is 0. The van der Waals surface area contributed by atoms with Crippen molar-refractivity contribution in [1.82, 2.24) is 4.90 Å². The van der Waals surface area contributed by atoms with Crippen LogP contribution in [0.2, 0.25) is 0 Å². The largest absolute Gasteiger partial charge is 0.398 e. The van der Waals surface area contributed by atoms with E-state index in [2.05, 4.69) is 0 Å². The molecule has 2 amide bonds. The maximum atomic E-state index is 12.8. The van der Waals surface area contributed by atoms with Gasteiger partial charge in [0.2, 0.25) is 0 Å². The Kier molecular flexibility index (Phi) is 4.04. The molecule has 1 heterocycles. The lowest BCUT2D eigenvalue weighted by atomic mass is 10.00. The first kappa shape index (κ1) is 16.4. The van der Waals surface area contributed by atoms with Gasteiger partial charge in [-0.15, -0.1) is 0 Å². The summed E-state index contributed by atoms with van der Waals surface area (Å²) in [7, 11) is -3.41. The molecule has 0 saturated heterocycles. The molecule has 126 valence electrons. The molecule has 1 atom stereocenters. The number of nitrogens with two attached hydrogens (primary N) is 1. The summed E-state index contributed by atoms with van der Waals surface area (Å²) in [4.78, 5) is 26.5. The highest BCUT2D eigenvalue weighted by Crippen LogP contribution is 2.32. The lowest BCUT2D eigenvalue weighted by Crippen LogP contribution is -2.45. The molecular formula is C17H18N2O4S. The van der Waals surface area contributed by atoms with Crippen molar-refractivity contribution in [1.29, 1.82) is 0 Å². The Morgan fingerprint density at radius 1 is 1.21 bits per heavy atom. The van der Waals surface area contributed by atoms with Crippen LogP contribution in [0.5, 0.6) is 0 Å². The lowest BCUT2D eigenvalue weighted by Gasteiger charge is -2.27. The van der Waals surface area contributed by atoms with Gasteiger partial charge in [-0.25, -0.2) is 8.42 Å². The van der Waals surface area contributed by atoms with Gasteiger partial charge in [0.25, 0.3) is 11.8 Å². The number of anilines is 1. The van der Waals surface area contributed by atoms with Gasteiger partial charge in [-0.2, -0.15) is 0 Å². The number of hydrogen-bond donors (Lipinski definition) is 1. The first-order chi connectivity index (χ1) is 11.3. The van der Waals surface area contributed by atoms with Gasteiger partial charge in [0.1, 0.15) is 9.84 Å². The number of benzene rings is 1. The van der Waals surface area contributed by atoms with Gasteiger partial charge in [-0.1, -0.05) is 24.3 Å². The monoisotopic (exact) mass is 346 g/mol. The van der Waals surface area contributed by atoms with Crippen molar-refractivity contribution in [3.63, 3.8) is 0 Å². The predicted octanol–water partition coefficient (Wildman–Crippen LogP) is 1.55. The van der Waals surface area contributed by atoms with E-state index < -0.39 is 27.7 Å². The average molecular weight is 346 g/mol. The van der Waals surface area contributed by atoms with E-state index in [4.69, 9.17) is 5.73 Å².